The molecule has 1 atom stereocenters. The van der Waals surface area contributed by atoms with E-state index < -0.39 is 6.10 Å². The summed E-state index contributed by atoms with van der Waals surface area (Å²) in [5.41, 5.74) is 0.570. The van der Waals surface area contributed by atoms with Crippen molar-refractivity contribution in [3.05, 3.63) is 33.8 Å². The predicted octanol–water partition coefficient (Wildman–Crippen LogP) is 3.37. The van der Waals surface area contributed by atoms with Crippen molar-refractivity contribution in [2.24, 2.45) is 0 Å². The Labute approximate surface area is 110 Å². The summed E-state index contributed by atoms with van der Waals surface area (Å²) < 4.78 is 4.77. The van der Waals surface area contributed by atoms with E-state index in [1.807, 2.05) is 0 Å². The third kappa shape index (κ3) is 4.54. The van der Waals surface area contributed by atoms with Gasteiger partial charge in [0, 0.05) is 16.5 Å². The van der Waals surface area contributed by atoms with Gasteiger partial charge < -0.3 is 9.84 Å². The Kier molecular flexibility index (Phi) is 5.75. The lowest BCUT2D eigenvalue weighted by atomic mass is 10.1. The van der Waals surface area contributed by atoms with E-state index in [1.165, 1.54) is 0 Å². The van der Waals surface area contributed by atoms with Gasteiger partial charge in [-0.3, -0.25) is 4.79 Å². The average Bonchev–Trinajstić information content (AvgIpc) is 2.26. The molecule has 5 heteroatoms. The fraction of sp³-hybridized carbons (Fsp3) is 0.417. The van der Waals surface area contributed by atoms with Crippen molar-refractivity contribution in [2.75, 3.05) is 6.61 Å². The van der Waals surface area contributed by atoms with Crippen LogP contribution in [0.1, 0.15) is 31.4 Å². The van der Waals surface area contributed by atoms with Gasteiger partial charge in [0.15, 0.2) is 0 Å². The molecule has 0 saturated carbocycles. The van der Waals surface area contributed by atoms with Gasteiger partial charge >= 0.3 is 5.97 Å². The summed E-state index contributed by atoms with van der Waals surface area (Å²) in [5, 5.41) is 10.8. The second-order valence-electron chi connectivity index (χ2n) is 3.53. The predicted molar refractivity (Wildman–Crippen MR) is 67.3 cm³/mol. The lowest BCUT2D eigenvalue weighted by molar-refractivity contribution is -0.143. The summed E-state index contributed by atoms with van der Waals surface area (Å²) in [6.07, 6.45) is -0.349. The van der Waals surface area contributed by atoms with Crippen LogP contribution in [0.5, 0.6) is 0 Å². The quantitative estimate of drug-likeness (QED) is 0.839. The van der Waals surface area contributed by atoms with Crippen molar-refractivity contribution in [3.8, 4) is 0 Å². The van der Waals surface area contributed by atoms with Crippen molar-refractivity contribution in [3.63, 3.8) is 0 Å². The summed E-state index contributed by atoms with van der Waals surface area (Å²) in [5.74, 6) is -0.323. The van der Waals surface area contributed by atoms with Crippen molar-refractivity contribution < 1.29 is 14.6 Å². The van der Waals surface area contributed by atoms with E-state index in [4.69, 9.17) is 27.9 Å². The van der Waals surface area contributed by atoms with E-state index in [9.17, 15) is 9.90 Å². The monoisotopic (exact) mass is 276 g/mol. The van der Waals surface area contributed by atoms with E-state index in [2.05, 4.69) is 0 Å². The van der Waals surface area contributed by atoms with Crippen LogP contribution in [-0.4, -0.2) is 17.7 Å². The number of benzene rings is 1. The summed E-state index contributed by atoms with van der Waals surface area (Å²) in [6.45, 7) is 2.08. The molecule has 1 aromatic rings. The van der Waals surface area contributed by atoms with Gasteiger partial charge in [-0.2, -0.15) is 0 Å². The fourth-order valence-corrected chi connectivity index (χ4v) is 1.95. The Hall–Kier alpha value is -0.770. The van der Waals surface area contributed by atoms with Gasteiger partial charge in [-0.1, -0.05) is 29.3 Å². The van der Waals surface area contributed by atoms with E-state index in [1.54, 1.807) is 25.1 Å². The maximum atomic E-state index is 11.1. The topological polar surface area (TPSA) is 46.5 Å². The summed E-state index contributed by atoms with van der Waals surface area (Å²) >= 11 is 11.7. The normalized spacial score (nSPS) is 12.2. The van der Waals surface area contributed by atoms with E-state index in [-0.39, 0.29) is 18.8 Å². The number of rotatable bonds is 5. The van der Waals surface area contributed by atoms with Crippen molar-refractivity contribution in [1.29, 1.82) is 0 Å². The Bertz CT molecular complexity index is 393. The molecule has 0 heterocycles. The SMILES string of the molecule is CCOC(=O)CCC(O)c1ccc(Cl)cc1Cl. The minimum Gasteiger partial charge on any atom is -0.466 e. The first-order chi connectivity index (χ1) is 8.04. The highest BCUT2D eigenvalue weighted by atomic mass is 35.5. The summed E-state index contributed by atoms with van der Waals surface area (Å²) in [4.78, 5) is 11.1. The Morgan fingerprint density at radius 2 is 2.18 bits per heavy atom. The molecule has 0 aliphatic heterocycles. The van der Waals surface area contributed by atoms with Crippen LogP contribution in [0.2, 0.25) is 10.0 Å². The molecular formula is C12H14Cl2O3. The highest BCUT2D eigenvalue weighted by Gasteiger charge is 2.14. The van der Waals surface area contributed by atoms with Crippen LogP contribution >= 0.6 is 23.2 Å². The van der Waals surface area contributed by atoms with Gasteiger partial charge in [0.1, 0.15) is 0 Å². The molecular weight excluding hydrogens is 263 g/mol. The van der Waals surface area contributed by atoms with E-state index in [0.717, 1.165) is 0 Å². The van der Waals surface area contributed by atoms with Crippen LogP contribution < -0.4 is 0 Å². The fourth-order valence-electron chi connectivity index (χ4n) is 1.41. The van der Waals surface area contributed by atoms with Crippen LogP contribution in [-0.2, 0) is 9.53 Å². The highest BCUT2D eigenvalue weighted by Crippen LogP contribution is 2.28. The molecule has 0 fully saturated rings. The minimum atomic E-state index is -0.788. The second-order valence-corrected chi connectivity index (χ2v) is 4.37. The lowest BCUT2D eigenvalue weighted by Gasteiger charge is -2.12. The van der Waals surface area contributed by atoms with Gasteiger partial charge in [0.05, 0.1) is 12.7 Å². The number of aliphatic hydroxyl groups excluding tert-OH is 1. The van der Waals surface area contributed by atoms with Gasteiger partial charge in [0.2, 0.25) is 0 Å². The zero-order chi connectivity index (χ0) is 12.8. The first kappa shape index (κ1) is 14.3. The van der Waals surface area contributed by atoms with Gasteiger partial charge in [-0.05, 0) is 31.0 Å². The minimum absolute atomic E-state index is 0.161. The Balaban J connectivity index is 2.57. The lowest BCUT2D eigenvalue weighted by Crippen LogP contribution is -2.07. The molecule has 0 aromatic heterocycles. The average molecular weight is 277 g/mol. The van der Waals surface area contributed by atoms with Crippen molar-refractivity contribution in [1.82, 2.24) is 0 Å². The third-order valence-corrected chi connectivity index (χ3v) is 2.81. The number of ether oxygens (including phenoxy) is 1. The number of halogens is 2. The second kappa shape index (κ2) is 6.84. The third-order valence-electron chi connectivity index (χ3n) is 2.25. The van der Waals surface area contributed by atoms with Crippen molar-refractivity contribution >= 4 is 29.2 Å². The molecule has 17 heavy (non-hydrogen) atoms. The molecule has 3 nitrogen and oxygen atoms in total. The molecule has 0 aliphatic rings. The highest BCUT2D eigenvalue weighted by molar-refractivity contribution is 6.35. The number of hydrogen-bond acceptors (Lipinski definition) is 3. The summed E-state index contributed by atoms with van der Waals surface area (Å²) in [6, 6.07) is 4.86. The number of esters is 1. The molecule has 0 spiro atoms. The molecule has 1 unspecified atom stereocenters. The van der Waals surface area contributed by atoms with Crippen LogP contribution in [0.4, 0.5) is 0 Å². The van der Waals surface area contributed by atoms with Crippen LogP contribution in [0.25, 0.3) is 0 Å². The standard InChI is InChI=1S/C12H14Cl2O3/c1-2-17-12(16)6-5-11(15)9-4-3-8(13)7-10(9)14/h3-4,7,11,15H,2,5-6H2,1H3. The number of hydrogen-bond donors (Lipinski definition) is 1. The molecule has 0 aliphatic carbocycles. The molecule has 94 valence electrons. The number of aliphatic hydroxyl groups is 1. The van der Waals surface area contributed by atoms with Crippen LogP contribution in [0.15, 0.2) is 18.2 Å². The van der Waals surface area contributed by atoms with Crippen LogP contribution in [0, 0.1) is 0 Å². The molecule has 0 saturated heterocycles. The largest absolute Gasteiger partial charge is 0.466 e. The zero-order valence-corrected chi connectivity index (χ0v) is 11.0. The summed E-state index contributed by atoms with van der Waals surface area (Å²) in [7, 11) is 0. The molecule has 0 radical (unpaired) electrons. The first-order valence-electron chi connectivity index (χ1n) is 5.33. The first-order valence-corrected chi connectivity index (χ1v) is 6.08. The number of carbonyl (C=O) groups is 1. The van der Waals surface area contributed by atoms with Gasteiger partial charge in [-0.25, -0.2) is 0 Å². The molecule has 1 rings (SSSR count). The Morgan fingerprint density at radius 1 is 1.47 bits per heavy atom. The maximum absolute atomic E-state index is 11.1. The molecule has 1 N–H and O–H groups in total. The van der Waals surface area contributed by atoms with Gasteiger partial charge in [0.25, 0.3) is 0 Å². The van der Waals surface area contributed by atoms with Crippen molar-refractivity contribution in [2.45, 2.75) is 25.9 Å². The molecule has 0 bridgehead atoms. The maximum Gasteiger partial charge on any atom is 0.305 e. The molecule has 1 aromatic carbocycles. The Morgan fingerprint density at radius 3 is 2.76 bits per heavy atom. The van der Waals surface area contributed by atoms with Gasteiger partial charge in [-0.15, -0.1) is 0 Å². The zero-order valence-electron chi connectivity index (χ0n) is 9.45. The van der Waals surface area contributed by atoms with E-state index in [0.29, 0.717) is 22.2 Å². The molecule has 0 amide bonds. The smallest absolute Gasteiger partial charge is 0.305 e. The van der Waals surface area contributed by atoms with Crippen LogP contribution in [0.3, 0.4) is 0 Å². The number of carbonyl (C=O) groups excluding carboxylic acids is 1. The van der Waals surface area contributed by atoms with E-state index >= 15 is 0 Å².